The molecule has 0 spiro atoms. The van der Waals surface area contributed by atoms with Crippen LogP contribution in [0.15, 0.2) is 42.7 Å². The third kappa shape index (κ3) is 2.84. The molecule has 3 nitrogen and oxygen atoms in total. The molecule has 0 aliphatic heterocycles. The molecule has 0 unspecified atom stereocenters. The highest BCUT2D eigenvalue weighted by molar-refractivity contribution is 5.51. The third-order valence-electron chi connectivity index (χ3n) is 2.78. The van der Waals surface area contributed by atoms with Crippen LogP contribution in [0.4, 0.5) is 10.1 Å². The second-order valence-electron chi connectivity index (χ2n) is 4.15. The van der Waals surface area contributed by atoms with Crippen molar-refractivity contribution >= 4 is 5.69 Å². The standard InChI is InChI=1S/C14H15FN2O/c1-17(9-11-3-2-4-13(15)7-11)14-8-16-6-5-12(14)10-18/h2-8,18H,9-10H2,1H3. The molecule has 0 amide bonds. The molecule has 0 saturated heterocycles. The van der Waals surface area contributed by atoms with Gasteiger partial charge < -0.3 is 10.0 Å². The van der Waals surface area contributed by atoms with E-state index in [1.807, 2.05) is 18.0 Å². The van der Waals surface area contributed by atoms with Crippen LogP contribution in [0.5, 0.6) is 0 Å². The summed E-state index contributed by atoms with van der Waals surface area (Å²) >= 11 is 0. The predicted molar refractivity (Wildman–Crippen MR) is 68.7 cm³/mol. The van der Waals surface area contributed by atoms with E-state index in [2.05, 4.69) is 4.98 Å². The van der Waals surface area contributed by atoms with Crippen LogP contribution in [0.2, 0.25) is 0 Å². The van der Waals surface area contributed by atoms with Crippen molar-refractivity contribution in [3.8, 4) is 0 Å². The van der Waals surface area contributed by atoms with Gasteiger partial charge in [0.15, 0.2) is 0 Å². The first-order valence-corrected chi connectivity index (χ1v) is 5.70. The molecule has 1 aromatic heterocycles. The molecule has 1 aromatic carbocycles. The van der Waals surface area contributed by atoms with Gasteiger partial charge in [-0.15, -0.1) is 0 Å². The van der Waals surface area contributed by atoms with Gasteiger partial charge in [0.1, 0.15) is 5.82 Å². The first-order valence-electron chi connectivity index (χ1n) is 5.70. The number of anilines is 1. The summed E-state index contributed by atoms with van der Waals surface area (Å²) in [5, 5.41) is 9.26. The summed E-state index contributed by atoms with van der Waals surface area (Å²) in [7, 11) is 1.89. The Labute approximate surface area is 106 Å². The molecule has 0 aliphatic carbocycles. The number of aromatic nitrogens is 1. The van der Waals surface area contributed by atoms with E-state index in [4.69, 9.17) is 0 Å². The lowest BCUT2D eigenvalue weighted by atomic mass is 10.1. The van der Waals surface area contributed by atoms with Crippen LogP contribution in [-0.2, 0) is 13.2 Å². The summed E-state index contributed by atoms with van der Waals surface area (Å²) in [5.74, 6) is -0.241. The normalized spacial score (nSPS) is 10.4. The lowest BCUT2D eigenvalue weighted by Gasteiger charge is -2.21. The van der Waals surface area contributed by atoms with Gasteiger partial charge in [0, 0.05) is 25.4 Å². The van der Waals surface area contributed by atoms with E-state index in [1.165, 1.54) is 12.1 Å². The molecular formula is C14H15FN2O. The van der Waals surface area contributed by atoms with Gasteiger partial charge in [-0.25, -0.2) is 4.39 Å². The van der Waals surface area contributed by atoms with Crippen LogP contribution in [0, 0.1) is 5.82 Å². The average Bonchev–Trinajstić information content (AvgIpc) is 2.38. The van der Waals surface area contributed by atoms with Crippen LogP contribution in [0.1, 0.15) is 11.1 Å². The van der Waals surface area contributed by atoms with Crippen molar-refractivity contribution in [2.75, 3.05) is 11.9 Å². The quantitative estimate of drug-likeness (QED) is 0.899. The molecule has 4 heteroatoms. The number of rotatable bonds is 4. The molecule has 0 bridgehead atoms. The van der Waals surface area contributed by atoms with Gasteiger partial charge in [-0.05, 0) is 23.8 Å². The lowest BCUT2D eigenvalue weighted by molar-refractivity contribution is 0.282. The van der Waals surface area contributed by atoms with Gasteiger partial charge in [-0.2, -0.15) is 0 Å². The Morgan fingerprint density at radius 2 is 2.17 bits per heavy atom. The zero-order chi connectivity index (χ0) is 13.0. The zero-order valence-electron chi connectivity index (χ0n) is 10.2. The molecule has 0 saturated carbocycles. The second kappa shape index (κ2) is 5.60. The summed E-state index contributed by atoms with van der Waals surface area (Å²) < 4.78 is 13.1. The monoisotopic (exact) mass is 246 g/mol. The van der Waals surface area contributed by atoms with Crippen molar-refractivity contribution < 1.29 is 9.50 Å². The maximum absolute atomic E-state index is 13.1. The molecule has 0 radical (unpaired) electrons. The Morgan fingerprint density at radius 1 is 1.33 bits per heavy atom. The fourth-order valence-electron chi connectivity index (χ4n) is 1.89. The highest BCUT2D eigenvalue weighted by atomic mass is 19.1. The Morgan fingerprint density at radius 3 is 2.89 bits per heavy atom. The SMILES string of the molecule is CN(Cc1cccc(F)c1)c1cnccc1CO. The summed E-state index contributed by atoms with van der Waals surface area (Å²) in [4.78, 5) is 5.98. The van der Waals surface area contributed by atoms with E-state index < -0.39 is 0 Å². The van der Waals surface area contributed by atoms with E-state index in [1.54, 1.807) is 24.5 Å². The Kier molecular flexibility index (Phi) is 3.89. The lowest BCUT2D eigenvalue weighted by Crippen LogP contribution is -2.18. The Balaban J connectivity index is 2.19. The van der Waals surface area contributed by atoms with Gasteiger partial charge in [-0.1, -0.05) is 12.1 Å². The van der Waals surface area contributed by atoms with Crippen LogP contribution in [-0.4, -0.2) is 17.1 Å². The van der Waals surface area contributed by atoms with Crippen molar-refractivity contribution in [2.24, 2.45) is 0 Å². The number of halogens is 1. The predicted octanol–water partition coefficient (Wildman–Crippen LogP) is 2.35. The van der Waals surface area contributed by atoms with Gasteiger partial charge in [0.2, 0.25) is 0 Å². The Hall–Kier alpha value is -1.94. The zero-order valence-corrected chi connectivity index (χ0v) is 10.2. The van der Waals surface area contributed by atoms with Gasteiger partial charge in [0.25, 0.3) is 0 Å². The number of hydrogen-bond donors (Lipinski definition) is 1. The van der Waals surface area contributed by atoms with Crippen LogP contribution >= 0.6 is 0 Å². The van der Waals surface area contributed by atoms with E-state index in [9.17, 15) is 9.50 Å². The van der Waals surface area contributed by atoms with E-state index in [0.717, 1.165) is 16.8 Å². The maximum atomic E-state index is 13.1. The molecular weight excluding hydrogens is 231 g/mol. The number of benzene rings is 1. The summed E-state index contributed by atoms with van der Waals surface area (Å²) in [5.41, 5.74) is 2.54. The minimum atomic E-state index is -0.241. The topological polar surface area (TPSA) is 36.4 Å². The van der Waals surface area contributed by atoms with Crippen molar-refractivity contribution in [1.82, 2.24) is 4.98 Å². The Bertz CT molecular complexity index is 531. The van der Waals surface area contributed by atoms with Crippen LogP contribution in [0.3, 0.4) is 0 Å². The first kappa shape index (κ1) is 12.5. The van der Waals surface area contributed by atoms with E-state index >= 15 is 0 Å². The van der Waals surface area contributed by atoms with Crippen molar-refractivity contribution in [3.63, 3.8) is 0 Å². The maximum Gasteiger partial charge on any atom is 0.123 e. The van der Waals surface area contributed by atoms with Crippen molar-refractivity contribution in [3.05, 3.63) is 59.7 Å². The molecule has 1 N–H and O–H groups in total. The largest absolute Gasteiger partial charge is 0.392 e. The molecule has 0 fully saturated rings. The third-order valence-corrected chi connectivity index (χ3v) is 2.78. The van der Waals surface area contributed by atoms with Crippen molar-refractivity contribution in [2.45, 2.75) is 13.2 Å². The average molecular weight is 246 g/mol. The summed E-state index contributed by atoms with van der Waals surface area (Å²) in [6, 6.07) is 8.26. The van der Waals surface area contributed by atoms with Crippen LogP contribution in [0.25, 0.3) is 0 Å². The molecule has 2 rings (SSSR count). The highest BCUT2D eigenvalue weighted by Gasteiger charge is 2.07. The molecule has 94 valence electrons. The molecule has 0 aliphatic rings. The summed E-state index contributed by atoms with van der Waals surface area (Å²) in [6.07, 6.45) is 3.34. The molecule has 1 heterocycles. The summed E-state index contributed by atoms with van der Waals surface area (Å²) in [6.45, 7) is 0.530. The fourth-order valence-corrected chi connectivity index (χ4v) is 1.89. The smallest absolute Gasteiger partial charge is 0.123 e. The number of nitrogens with zero attached hydrogens (tertiary/aromatic N) is 2. The number of pyridine rings is 1. The number of aliphatic hydroxyl groups is 1. The van der Waals surface area contributed by atoms with E-state index in [-0.39, 0.29) is 12.4 Å². The van der Waals surface area contributed by atoms with Gasteiger partial charge in [0.05, 0.1) is 18.5 Å². The van der Waals surface area contributed by atoms with Crippen molar-refractivity contribution in [1.29, 1.82) is 0 Å². The molecule has 18 heavy (non-hydrogen) atoms. The first-order chi connectivity index (χ1) is 8.70. The second-order valence-corrected chi connectivity index (χ2v) is 4.15. The fraction of sp³-hybridized carbons (Fsp3) is 0.214. The highest BCUT2D eigenvalue weighted by Crippen LogP contribution is 2.19. The molecule has 2 aromatic rings. The minimum absolute atomic E-state index is 0.0364. The molecule has 0 atom stereocenters. The number of hydrogen-bond acceptors (Lipinski definition) is 3. The minimum Gasteiger partial charge on any atom is -0.392 e. The van der Waals surface area contributed by atoms with Crippen LogP contribution < -0.4 is 4.90 Å². The van der Waals surface area contributed by atoms with Gasteiger partial charge >= 0.3 is 0 Å². The van der Waals surface area contributed by atoms with E-state index in [0.29, 0.717) is 6.54 Å². The van der Waals surface area contributed by atoms with Gasteiger partial charge in [-0.3, -0.25) is 4.98 Å². The number of aliphatic hydroxyl groups excluding tert-OH is 1.